The van der Waals surface area contributed by atoms with Gasteiger partial charge in [-0.25, -0.2) is 13.8 Å². The SMILES string of the molecule is O=C(CN(c1cccnc1)S(=O)(=O)c1ccccc1)NN=C1CCCCCC1. The van der Waals surface area contributed by atoms with Crippen molar-refractivity contribution in [1.82, 2.24) is 10.4 Å². The third-order valence-electron chi connectivity index (χ3n) is 4.57. The quantitative estimate of drug-likeness (QED) is 0.596. The highest BCUT2D eigenvalue weighted by atomic mass is 32.2. The Morgan fingerprint density at radius 2 is 1.75 bits per heavy atom. The molecular weight excluding hydrogens is 376 g/mol. The largest absolute Gasteiger partial charge is 0.271 e. The number of hydrogen-bond acceptors (Lipinski definition) is 5. The van der Waals surface area contributed by atoms with Crippen LogP contribution < -0.4 is 9.73 Å². The van der Waals surface area contributed by atoms with Crippen molar-refractivity contribution in [2.24, 2.45) is 5.10 Å². The van der Waals surface area contributed by atoms with Gasteiger partial charge in [0.2, 0.25) is 0 Å². The summed E-state index contributed by atoms with van der Waals surface area (Å²) in [4.78, 5) is 16.6. The van der Waals surface area contributed by atoms with Crippen LogP contribution in [0.25, 0.3) is 0 Å². The number of nitrogens with zero attached hydrogens (tertiary/aromatic N) is 3. The van der Waals surface area contributed by atoms with E-state index in [9.17, 15) is 13.2 Å². The Bertz CT molecular complexity index is 905. The maximum absolute atomic E-state index is 13.1. The van der Waals surface area contributed by atoms with Gasteiger partial charge in [0.1, 0.15) is 6.54 Å². The van der Waals surface area contributed by atoms with Crippen molar-refractivity contribution < 1.29 is 13.2 Å². The lowest BCUT2D eigenvalue weighted by molar-refractivity contribution is -0.119. The number of rotatable bonds is 6. The molecule has 1 aliphatic carbocycles. The van der Waals surface area contributed by atoms with Crippen molar-refractivity contribution in [2.75, 3.05) is 10.8 Å². The molecule has 7 nitrogen and oxygen atoms in total. The minimum Gasteiger partial charge on any atom is -0.271 e. The van der Waals surface area contributed by atoms with Crippen LogP contribution in [0.2, 0.25) is 0 Å². The minimum absolute atomic E-state index is 0.113. The maximum Gasteiger partial charge on any atom is 0.264 e. The normalized spacial score (nSPS) is 14.8. The molecule has 1 heterocycles. The molecule has 0 radical (unpaired) electrons. The van der Waals surface area contributed by atoms with E-state index in [0.717, 1.165) is 35.7 Å². The number of amides is 1. The molecule has 1 aromatic carbocycles. The second-order valence-corrected chi connectivity index (χ2v) is 8.53. The van der Waals surface area contributed by atoms with Crippen molar-refractivity contribution in [1.29, 1.82) is 0 Å². The van der Waals surface area contributed by atoms with Gasteiger partial charge in [0.15, 0.2) is 0 Å². The summed E-state index contributed by atoms with van der Waals surface area (Å²) in [7, 11) is -3.91. The van der Waals surface area contributed by atoms with E-state index >= 15 is 0 Å². The molecule has 8 heteroatoms. The molecule has 3 rings (SSSR count). The predicted octanol–water partition coefficient (Wildman–Crippen LogP) is 3.10. The Morgan fingerprint density at radius 1 is 1.04 bits per heavy atom. The summed E-state index contributed by atoms with van der Waals surface area (Å²) in [5.41, 5.74) is 3.81. The fraction of sp³-hybridized carbons (Fsp3) is 0.350. The van der Waals surface area contributed by atoms with Gasteiger partial charge in [-0.05, 0) is 49.9 Å². The maximum atomic E-state index is 13.1. The number of aromatic nitrogens is 1. The first-order valence-corrected chi connectivity index (χ1v) is 10.8. The Morgan fingerprint density at radius 3 is 2.39 bits per heavy atom. The number of anilines is 1. The molecule has 0 spiro atoms. The molecule has 0 atom stereocenters. The Hall–Kier alpha value is -2.74. The molecule has 1 N–H and O–H groups in total. The minimum atomic E-state index is -3.91. The molecule has 28 heavy (non-hydrogen) atoms. The number of nitrogens with one attached hydrogen (secondary N) is 1. The van der Waals surface area contributed by atoms with Gasteiger partial charge in [-0.2, -0.15) is 5.10 Å². The zero-order valence-electron chi connectivity index (χ0n) is 15.6. The van der Waals surface area contributed by atoms with Crippen LogP contribution in [-0.2, 0) is 14.8 Å². The second-order valence-electron chi connectivity index (χ2n) is 6.66. The molecule has 2 aromatic rings. The van der Waals surface area contributed by atoms with Crippen LogP contribution in [0.15, 0.2) is 64.9 Å². The zero-order chi connectivity index (χ0) is 19.8. The van der Waals surface area contributed by atoms with Crippen LogP contribution in [0.5, 0.6) is 0 Å². The van der Waals surface area contributed by atoms with Crippen LogP contribution >= 0.6 is 0 Å². The first-order chi connectivity index (χ1) is 13.6. The molecule has 1 saturated carbocycles. The van der Waals surface area contributed by atoms with Crippen LogP contribution in [-0.4, -0.2) is 31.6 Å². The topological polar surface area (TPSA) is 91.7 Å². The lowest BCUT2D eigenvalue weighted by Crippen LogP contribution is -2.39. The van der Waals surface area contributed by atoms with Gasteiger partial charge in [-0.1, -0.05) is 31.0 Å². The first-order valence-electron chi connectivity index (χ1n) is 9.39. The van der Waals surface area contributed by atoms with E-state index in [4.69, 9.17) is 0 Å². The molecule has 0 saturated heterocycles. The lowest BCUT2D eigenvalue weighted by Gasteiger charge is -2.23. The number of benzene rings is 1. The Kier molecular flexibility index (Phi) is 6.76. The molecule has 0 unspecified atom stereocenters. The summed E-state index contributed by atoms with van der Waals surface area (Å²) in [6.07, 6.45) is 9.20. The first kappa shape index (κ1) is 20.0. The molecule has 148 valence electrons. The highest BCUT2D eigenvalue weighted by Crippen LogP contribution is 2.22. The summed E-state index contributed by atoms with van der Waals surface area (Å²) in [6.45, 7) is -0.375. The van der Waals surface area contributed by atoms with Gasteiger partial charge in [-0.3, -0.25) is 14.1 Å². The Balaban J connectivity index is 1.80. The van der Waals surface area contributed by atoms with Crippen molar-refractivity contribution in [3.05, 3.63) is 54.9 Å². The lowest BCUT2D eigenvalue weighted by atomic mass is 10.2. The summed E-state index contributed by atoms with van der Waals surface area (Å²) in [5, 5.41) is 4.22. The van der Waals surface area contributed by atoms with Crippen LogP contribution in [0.1, 0.15) is 38.5 Å². The highest BCUT2D eigenvalue weighted by Gasteiger charge is 2.27. The standard InChI is InChI=1S/C20H24N4O3S/c25-20(23-22-17-9-4-1-2-5-10-17)16-24(18-11-8-14-21-15-18)28(26,27)19-12-6-3-7-13-19/h3,6-8,11-15H,1-2,4-5,9-10,16H2,(H,23,25). The third kappa shape index (κ3) is 5.16. The van der Waals surface area contributed by atoms with E-state index in [1.807, 2.05) is 0 Å². The average Bonchev–Trinajstić information content (AvgIpc) is 3.00. The summed E-state index contributed by atoms with van der Waals surface area (Å²) < 4.78 is 27.3. The van der Waals surface area contributed by atoms with E-state index in [2.05, 4.69) is 15.5 Å². The van der Waals surface area contributed by atoms with Crippen molar-refractivity contribution in [3.8, 4) is 0 Å². The van der Waals surface area contributed by atoms with Crippen molar-refractivity contribution in [3.63, 3.8) is 0 Å². The van der Waals surface area contributed by atoms with Crippen LogP contribution in [0.3, 0.4) is 0 Å². The van der Waals surface area contributed by atoms with E-state index in [1.165, 1.54) is 31.2 Å². The number of hydrogen-bond donors (Lipinski definition) is 1. The highest BCUT2D eigenvalue weighted by molar-refractivity contribution is 7.92. The fourth-order valence-corrected chi connectivity index (χ4v) is 4.52. The van der Waals surface area contributed by atoms with E-state index < -0.39 is 15.9 Å². The Labute approximate surface area is 165 Å². The number of carbonyl (C=O) groups is 1. The molecular formula is C20H24N4O3S. The van der Waals surface area contributed by atoms with Gasteiger partial charge in [-0.15, -0.1) is 0 Å². The van der Waals surface area contributed by atoms with Gasteiger partial charge in [0.05, 0.1) is 16.8 Å². The van der Waals surface area contributed by atoms with Gasteiger partial charge < -0.3 is 0 Å². The van der Waals surface area contributed by atoms with Gasteiger partial charge in [0.25, 0.3) is 15.9 Å². The smallest absolute Gasteiger partial charge is 0.264 e. The van der Waals surface area contributed by atoms with Crippen LogP contribution in [0, 0.1) is 0 Å². The number of sulfonamides is 1. The van der Waals surface area contributed by atoms with Gasteiger partial charge >= 0.3 is 0 Å². The third-order valence-corrected chi connectivity index (χ3v) is 6.36. The van der Waals surface area contributed by atoms with E-state index in [1.54, 1.807) is 36.5 Å². The van der Waals surface area contributed by atoms with Crippen molar-refractivity contribution >= 4 is 27.3 Å². The molecule has 0 bridgehead atoms. The van der Waals surface area contributed by atoms with Crippen molar-refractivity contribution in [2.45, 2.75) is 43.4 Å². The predicted molar refractivity (Wildman–Crippen MR) is 108 cm³/mol. The molecule has 1 aromatic heterocycles. The number of hydrazone groups is 1. The molecule has 0 aliphatic heterocycles. The number of carbonyl (C=O) groups excluding carboxylic acids is 1. The fourth-order valence-electron chi connectivity index (χ4n) is 3.09. The molecule has 1 aliphatic rings. The molecule has 1 fully saturated rings. The molecule has 1 amide bonds. The summed E-state index contributed by atoms with van der Waals surface area (Å²) in [6, 6.07) is 11.3. The van der Waals surface area contributed by atoms with E-state index in [0.29, 0.717) is 5.69 Å². The summed E-state index contributed by atoms with van der Waals surface area (Å²) in [5.74, 6) is -0.486. The average molecular weight is 401 g/mol. The van der Waals surface area contributed by atoms with Gasteiger partial charge in [0, 0.05) is 11.9 Å². The monoisotopic (exact) mass is 400 g/mol. The second kappa shape index (κ2) is 9.45. The summed E-state index contributed by atoms with van der Waals surface area (Å²) >= 11 is 0. The zero-order valence-corrected chi connectivity index (χ0v) is 16.4. The van der Waals surface area contributed by atoms with Crippen LogP contribution in [0.4, 0.5) is 5.69 Å². The number of pyridine rings is 1. The van der Waals surface area contributed by atoms with E-state index in [-0.39, 0.29) is 11.4 Å².